The Kier molecular flexibility index (Phi) is 5.52. The number of aryl methyl sites for hydroxylation is 1. The van der Waals surface area contributed by atoms with Crippen LogP contribution in [0, 0.1) is 12.3 Å². The van der Waals surface area contributed by atoms with Crippen molar-refractivity contribution < 1.29 is 9.59 Å². The van der Waals surface area contributed by atoms with Crippen LogP contribution >= 0.6 is 23.2 Å². The third kappa shape index (κ3) is 4.28. The smallest absolute Gasteiger partial charge is 0.239 e. The summed E-state index contributed by atoms with van der Waals surface area (Å²) < 4.78 is 0. The Balaban J connectivity index is 2.11. The van der Waals surface area contributed by atoms with E-state index in [0.717, 1.165) is 5.56 Å². The van der Waals surface area contributed by atoms with E-state index in [9.17, 15) is 9.59 Å². The average molecular weight is 365 g/mol. The maximum atomic E-state index is 12.5. The minimum atomic E-state index is -1.28. The van der Waals surface area contributed by atoms with Crippen molar-refractivity contribution in [3.05, 3.63) is 58.1 Å². The third-order valence-corrected chi connectivity index (χ3v) is 4.17. The summed E-state index contributed by atoms with van der Waals surface area (Å²) >= 11 is 11.9. The number of hydrogen-bond donors (Lipinski definition) is 2. The zero-order chi connectivity index (χ0) is 17.9. The van der Waals surface area contributed by atoms with E-state index in [1.165, 1.54) is 6.07 Å². The van der Waals surface area contributed by atoms with Gasteiger partial charge in [-0.05, 0) is 51.1 Å². The summed E-state index contributed by atoms with van der Waals surface area (Å²) in [4.78, 5) is 25.0. The van der Waals surface area contributed by atoms with Gasteiger partial charge in [0.15, 0.2) is 0 Å². The van der Waals surface area contributed by atoms with Gasteiger partial charge in [-0.1, -0.05) is 40.9 Å². The van der Waals surface area contributed by atoms with Gasteiger partial charge in [-0.15, -0.1) is 0 Å². The zero-order valence-electron chi connectivity index (χ0n) is 13.6. The van der Waals surface area contributed by atoms with Crippen molar-refractivity contribution in [2.45, 2.75) is 20.8 Å². The lowest BCUT2D eigenvalue weighted by molar-refractivity contribution is -0.135. The first-order valence-electron chi connectivity index (χ1n) is 7.35. The van der Waals surface area contributed by atoms with Crippen LogP contribution in [0.25, 0.3) is 0 Å². The molecule has 0 aliphatic carbocycles. The molecule has 0 bridgehead atoms. The first-order valence-corrected chi connectivity index (χ1v) is 8.10. The summed E-state index contributed by atoms with van der Waals surface area (Å²) in [5.74, 6) is -0.870. The predicted molar refractivity (Wildman–Crippen MR) is 98.7 cm³/mol. The molecule has 2 aromatic rings. The third-order valence-electron chi connectivity index (χ3n) is 3.62. The summed E-state index contributed by atoms with van der Waals surface area (Å²) in [6.07, 6.45) is 0. The number of amides is 2. The molecule has 0 heterocycles. The molecule has 0 atom stereocenters. The first kappa shape index (κ1) is 18.3. The van der Waals surface area contributed by atoms with Gasteiger partial charge >= 0.3 is 0 Å². The standard InChI is InChI=1S/C18H18Cl2N2O2/c1-11-4-7-13(8-5-11)21-16(23)18(2,3)17(24)22-15-9-6-12(19)10-14(15)20/h4-10H,1-3H3,(H,21,23)(H,22,24). The Morgan fingerprint density at radius 2 is 1.50 bits per heavy atom. The van der Waals surface area contributed by atoms with E-state index in [-0.39, 0.29) is 0 Å². The summed E-state index contributed by atoms with van der Waals surface area (Å²) in [7, 11) is 0. The highest BCUT2D eigenvalue weighted by Gasteiger charge is 2.36. The lowest BCUT2D eigenvalue weighted by Crippen LogP contribution is -2.41. The van der Waals surface area contributed by atoms with Crippen LogP contribution in [0.15, 0.2) is 42.5 Å². The number of hydrogen-bond acceptors (Lipinski definition) is 2. The minimum absolute atomic E-state index is 0.311. The minimum Gasteiger partial charge on any atom is -0.325 e. The molecule has 4 nitrogen and oxygen atoms in total. The first-order chi connectivity index (χ1) is 11.2. The van der Waals surface area contributed by atoms with E-state index >= 15 is 0 Å². The Morgan fingerprint density at radius 3 is 2.08 bits per heavy atom. The Morgan fingerprint density at radius 1 is 0.917 bits per heavy atom. The largest absolute Gasteiger partial charge is 0.325 e. The number of carbonyl (C=O) groups excluding carboxylic acids is 2. The van der Waals surface area contributed by atoms with Crippen molar-refractivity contribution in [1.82, 2.24) is 0 Å². The molecule has 0 aromatic heterocycles. The Hall–Kier alpha value is -2.04. The van der Waals surface area contributed by atoms with Crippen LogP contribution in [-0.4, -0.2) is 11.8 Å². The second kappa shape index (κ2) is 7.24. The molecule has 126 valence electrons. The van der Waals surface area contributed by atoms with Crippen LogP contribution in [0.2, 0.25) is 10.0 Å². The molecule has 2 aromatic carbocycles. The molecule has 0 spiro atoms. The SMILES string of the molecule is Cc1ccc(NC(=O)C(C)(C)C(=O)Nc2ccc(Cl)cc2Cl)cc1. The topological polar surface area (TPSA) is 58.2 Å². The van der Waals surface area contributed by atoms with Crippen LogP contribution in [0.3, 0.4) is 0 Å². The number of rotatable bonds is 4. The summed E-state index contributed by atoms with van der Waals surface area (Å²) in [6.45, 7) is 5.06. The number of benzene rings is 2. The summed E-state index contributed by atoms with van der Waals surface area (Å²) in [5, 5.41) is 6.19. The highest BCUT2D eigenvalue weighted by molar-refractivity contribution is 6.36. The molecule has 0 fully saturated rings. The fourth-order valence-corrected chi connectivity index (χ4v) is 2.35. The molecular formula is C18H18Cl2N2O2. The van der Waals surface area contributed by atoms with Gasteiger partial charge < -0.3 is 10.6 Å². The molecular weight excluding hydrogens is 347 g/mol. The van der Waals surface area contributed by atoms with Crippen molar-refractivity contribution in [1.29, 1.82) is 0 Å². The highest BCUT2D eigenvalue weighted by Crippen LogP contribution is 2.28. The fraction of sp³-hybridized carbons (Fsp3) is 0.222. The van der Waals surface area contributed by atoms with Gasteiger partial charge in [0, 0.05) is 10.7 Å². The average Bonchev–Trinajstić information content (AvgIpc) is 2.52. The maximum Gasteiger partial charge on any atom is 0.239 e. The van der Waals surface area contributed by atoms with Gasteiger partial charge in [-0.25, -0.2) is 0 Å². The molecule has 0 aliphatic heterocycles. The van der Waals surface area contributed by atoms with Crippen molar-refractivity contribution in [2.75, 3.05) is 10.6 Å². The molecule has 24 heavy (non-hydrogen) atoms. The molecule has 2 amide bonds. The number of anilines is 2. The van der Waals surface area contributed by atoms with Crippen LogP contribution in [0.4, 0.5) is 11.4 Å². The van der Waals surface area contributed by atoms with E-state index in [2.05, 4.69) is 10.6 Å². The van der Waals surface area contributed by atoms with Crippen LogP contribution < -0.4 is 10.6 Å². The van der Waals surface area contributed by atoms with Gasteiger partial charge in [0.1, 0.15) is 5.41 Å². The van der Waals surface area contributed by atoms with Crippen LogP contribution in [0.5, 0.6) is 0 Å². The lowest BCUT2D eigenvalue weighted by atomic mass is 9.90. The van der Waals surface area contributed by atoms with E-state index < -0.39 is 17.2 Å². The number of carbonyl (C=O) groups is 2. The van der Waals surface area contributed by atoms with Gasteiger partial charge in [0.25, 0.3) is 0 Å². The monoisotopic (exact) mass is 364 g/mol. The second-order valence-electron chi connectivity index (χ2n) is 6.02. The quantitative estimate of drug-likeness (QED) is 0.757. The van der Waals surface area contributed by atoms with Gasteiger partial charge in [-0.3, -0.25) is 9.59 Å². The van der Waals surface area contributed by atoms with E-state index in [1.54, 1.807) is 38.1 Å². The van der Waals surface area contributed by atoms with E-state index in [1.807, 2.05) is 19.1 Å². The predicted octanol–water partition coefficient (Wildman–Crippen LogP) is 4.91. The molecule has 2 rings (SSSR count). The van der Waals surface area contributed by atoms with Gasteiger partial charge in [0.05, 0.1) is 10.7 Å². The van der Waals surface area contributed by atoms with Gasteiger partial charge in [-0.2, -0.15) is 0 Å². The summed E-state index contributed by atoms with van der Waals surface area (Å²) in [5.41, 5.74) is 0.842. The Labute approximate surface area is 151 Å². The normalized spacial score (nSPS) is 11.0. The molecule has 0 aliphatic rings. The van der Waals surface area contributed by atoms with Crippen LogP contribution in [-0.2, 0) is 9.59 Å². The van der Waals surface area contributed by atoms with Crippen molar-refractivity contribution in [3.63, 3.8) is 0 Å². The number of nitrogens with one attached hydrogen (secondary N) is 2. The molecule has 0 unspecified atom stereocenters. The molecule has 0 saturated carbocycles. The van der Waals surface area contributed by atoms with Crippen molar-refractivity contribution in [2.24, 2.45) is 5.41 Å². The van der Waals surface area contributed by atoms with Crippen LogP contribution in [0.1, 0.15) is 19.4 Å². The van der Waals surface area contributed by atoms with E-state index in [4.69, 9.17) is 23.2 Å². The van der Waals surface area contributed by atoms with E-state index in [0.29, 0.717) is 21.4 Å². The van der Waals surface area contributed by atoms with Crippen molar-refractivity contribution in [3.8, 4) is 0 Å². The molecule has 6 heteroatoms. The Bertz CT molecular complexity index is 771. The zero-order valence-corrected chi connectivity index (χ0v) is 15.1. The van der Waals surface area contributed by atoms with Gasteiger partial charge in [0.2, 0.25) is 11.8 Å². The van der Waals surface area contributed by atoms with Crippen molar-refractivity contribution >= 4 is 46.4 Å². The molecule has 0 radical (unpaired) electrons. The maximum absolute atomic E-state index is 12.5. The molecule has 0 saturated heterocycles. The summed E-state index contributed by atoms with van der Waals surface area (Å²) in [6, 6.07) is 12.1. The number of halogens is 2. The highest BCUT2D eigenvalue weighted by atomic mass is 35.5. The lowest BCUT2D eigenvalue weighted by Gasteiger charge is -2.23. The fourth-order valence-electron chi connectivity index (χ4n) is 1.90. The second-order valence-corrected chi connectivity index (χ2v) is 6.87. The molecule has 2 N–H and O–H groups in total.